The molecule has 1 saturated carbocycles. The molecule has 0 aromatic heterocycles. The van der Waals surface area contributed by atoms with E-state index < -0.39 is 11.3 Å². The standard InChI is InChI=1S/C12H13N3O2S/c13-9(16)7-2-1-3-8(6-7)15-11(17)12(4-5-12)10(14)18/h1-3,6H,4-5H2,(H2,13,16)(H2,14,18)(H,15,17). The van der Waals surface area contributed by atoms with E-state index in [1.54, 1.807) is 18.2 Å². The van der Waals surface area contributed by atoms with Crippen LogP contribution >= 0.6 is 12.2 Å². The van der Waals surface area contributed by atoms with E-state index in [4.69, 9.17) is 23.7 Å². The highest BCUT2D eigenvalue weighted by Gasteiger charge is 2.52. The maximum atomic E-state index is 12.0. The Balaban J connectivity index is 2.15. The average Bonchev–Trinajstić information content (AvgIpc) is 3.10. The summed E-state index contributed by atoms with van der Waals surface area (Å²) in [5.74, 6) is -0.766. The summed E-state index contributed by atoms with van der Waals surface area (Å²) >= 11 is 4.90. The summed E-state index contributed by atoms with van der Waals surface area (Å²) < 4.78 is 0. The number of hydrogen-bond donors (Lipinski definition) is 3. The van der Waals surface area contributed by atoms with Gasteiger partial charge in [0, 0.05) is 11.3 Å². The van der Waals surface area contributed by atoms with E-state index in [1.165, 1.54) is 6.07 Å². The summed E-state index contributed by atoms with van der Waals surface area (Å²) in [6.07, 6.45) is 1.34. The number of benzene rings is 1. The molecule has 0 saturated heterocycles. The summed E-state index contributed by atoms with van der Waals surface area (Å²) in [5.41, 5.74) is 10.9. The second kappa shape index (κ2) is 4.38. The maximum absolute atomic E-state index is 12.0. The average molecular weight is 263 g/mol. The van der Waals surface area contributed by atoms with Gasteiger partial charge >= 0.3 is 0 Å². The van der Waals surface area contributed by atoms with Crippen LogP contribution in [0.1, 0.15) is 23.2 Å². The summed E-state index contributed by atoms with van der Waals surface area (Å²) in [4.78, 5) is 23.3. The predicted octanol–water partition coefficient (Wildman–Crippen LogP) is 0.790. The van der Waals surface area contributed by atoms with Crippen LogP contribution < -0.4 is 16.8 Å². The number of rotatable bonds is 4. The van der Waals surface area contributed by atoms with Crippen LogP contribution in [0, 0.1) is 5.41 Å². The SMILES string of the molecule is NC(=O)c1cccc(NC(=O)C2(C(N)=S)CC2)c1. The first-order valence-electron chi connectivity index (χ1n) is 5.47. The molecule has 1 fully saturated rings. The second-order valence-electron chi connectivity index (χ2n) is 4.35. The number of nitrogens with two attached hydrogens (primary N) is 2. The predicted molar refractivity (Wildman–Crippen MR) is 72.0 cm³/mol. The van der Waals surface area contributed by atoms with E-state index in [2.05, 4.69) is 5.32 Å². The molecule has 2 rings (SSSR count). The van der Waals surface area contributed by atoms with Crippen LogP contribution in [0.25, 0.3) is 0 Å². The molecule has 0 bridgehead atoms. The number of carbonyl (C=O) groups is 2. The lowest BCUT2D eigenvalue weighted by Gasteiger charge is -2.13. The molecule has 18 heavy (non-hydrogen) atoms. The molecule has 0 spiro atoms. The molecule has 0 aliphatic heterocycles. The maximum Gasteiger partial charge on any atom is 0.248 e. The number of thiocarbonyl (C=S) groups is 1. The van der Waals surface area contributed by atoms with Crippen molar-refractivity contribution in [2.75, 3.05) is 5.32 Å². The van der Waals surface area contributed by atoms with E-state index in [1.807, 2.05) is 0 Å². The zero-order valence-corrected chi connectivity index (χ0v) is 10.4. The Morgan fingerprint density at radius 2 is 1.94 bits per heavy atom. The van der Waals surface area contributed by atoms with Crippen molar-refractivity contribution in [3.05, 3.63) is 29.8 Å². The Bertz CT molecular complexity index is 538. The van der Waals surface area contributed by atoms with Gasteiger partial charge in [-0.05, 0) is 31.0 Å². The first-order valence-corrected chi connectivity index (χ1v) is 5.88. The van der Waals surface area contributed by atoms with Crippen molar-refractivity contribution in [2.45, 2.75) is 12.8 Å². The van der Waals surface area contributed by atoms with Crippen molar-refractivity contribution in [1.82, 2.24) is 0 Å². The van der Waals surface area contributed by atoms with E-state index in [9.17, 15) is 9.59 Å². The Labute approximate surface area is 110 Å². The van der Waals surface area contributed by atoms with Gasteiger partial charge in [0.15, 0.2) is 0 Å². The highest BCUT2D eigenvalue weighted by Crippen LogP contribution is 2.46. The number of hydrogen-bond acceptors (Lipinski definition) is 3. The molecule has 1 aromatic rings. The molecule has 1 aliphatic rings. The monoisotopic (exact) mass is 263 g/mol. The molecule has 1 aromatic carbocycles. The number of amides is 2. The van der Waals surface area contributed by atoms with Gasteiger partial charge in [0.05, 0.1) is 10.4 Å². The number of primary amides is 1. The van der Waals surface area contributed by atoms with Crippen LogP contribution in [-0.2, 0) is 4.79 Å². The Hall–Kier alpha value is -1.95. The van der Waals surface area contributed by atoms with Crippen molar-refractivity contribution in [3.8, 4) is 0 Å². The zero-order chi connectivity index (χ0) is 13.3. The van der Waals surface area contributed by atoms with Gasteiger partial charge < -0.3 is 16.8 Å². The summed E-state index contributed by atoms with van der Waals surface area (Å²) in [6.45, 7) is 0. The topological polar surface area (TPSA) is 98.2 Å². The molecule has 0 atom stereocenters. The lowest BCUT2D eigenvalue weighted by atomic mass is 10.1. The third-order valence-corrected chi connectivity index (χ3v) is 3.45. The zero-order valence-electron chi connectivity index (χ0n) is 9.60. The van der Waals surface area contributed by atoms with Gasteiger partial charge in [-0.3, -0.25) is 9.59 Å². The molecule has 1 aliphatic carbocycles. The van der Waals surface area contributed by atoms with Crippen LogP contribution in [0.2, 0.25) is 0 Å². The Morgan fingerprint density at radius 3 is 2.44 bits per heavy atom. The number of anilines is 1. The third kappa shape index (κ3) is 2.19. The minimum Gasteiger partial charge on any atom is -0.392 e. The summed E-state index contributed by atoms with van der Waals surface area (Å²) in [6, 6.07) is 6.43. The normalized spacial score (nSPS) is 15.8. The first-order chi connectivity index (χ1) is 8.45. The van der Waals surface area contributed by atoms with Gasteiger partial charge in [0.2, 0.25) is 11.8 Å². The molecule has 5 nitrogen and oxygen atoms in total. The molecule has 0 heterocycles. The van der Waals surface area contributed by atoms with E-state index >= 15 is 0 Å². The minimum absolute atomic E-state index is 0.214. The molecule has 94 valence electrons. The van der Waals surface area contributed by atoms with Crippen molar-refractivity contribution >= 4 is 34.7 Å². The third-order valence-electron chi connectivity index (χ3n) is 3.06. The van der Waals surface area contributed by atoms with Gasteiger partial charge in [-0.1, -0.05) is 18.3 Å². The van der Waals surface area contributed by atoms with Gasteiger partial charge in [0.25, 0.3) is 0 Å². The van der Waals surface area contributed by atoms with Gasteiger partial charge in [-0.15, -0.1) is 0 Å². The van der Waals surface area contributed by atoms with Crippen molar-refractivity contribution in [2.24, 2.45) is 16.9 Å². The van der Waals surface area contributed by atoms with Crippen molar-refractivity contribution < 1.29 is 9.59 Å². The molecule has 2 amide bonds. The molecule has 0 radical (unpaired) electrons. The Morgan fingerprint density at radius 1 is 1.28 bits per heavy atom. The molecule has 6 heteroatoms. The fourth-order valence-corrected chi connectivity index (χ4v) is 2.01. The van der Waals surface area contributed by atoms with Crippen LogP contribution in [0.5, 0.6) is 0 Å². The lowest BCUT2D eigenvalue weighted by molar-refractivity contribution is -0.118. The quantitative estimate of drug-likeness (QED) is 0.699. The van der Waals surface area contributed by atoms with Crippen molar-refractivity contribution in [1.29, 1.82) is 0 Å². The summed E-state index contributed by atoms with van der Waals surface area (Å²) in [7, 11) is 0. The first kappa shape index (κ1) is 12.5. The van der Waals surface area contributed by atoms with Crippen LogP contribution in [0.15, 0.2) is 24.3 Å². The number of carbonyl (C=O) groups excluding carboxylic acids is 2. The van der Waals surface area contributed by atoms with Crippen LogP contribution in [0.4, 0.5) is 5.69 Å². The fourth-order valence-electron chi connectivity index (χ4n) is 1.71. The van der Waals surface area contributed by atoms with Gasteiger partial charge in [0.1, 0.15) is 0 Å². The lowest BCUT2D eigenvalue weighted by Crippen LogP contribution is -2.35. The van der Waals surface area contributed by atoms with Gasteiger partial charge in [-0.25, -0.2) is 0 Å². The molecule has 5 N–H and O–H groups in total. The smallest absolute Gasteiger partial charge is 0.248 e. The molecule has 0 unspecified atom stereocenters. The van der Waals surface area contributed by atoms with E-state index in [0.717, 1.165) is 0 Å². The Kier molecular flexibility index (Phi) is 3.04. The van der Waals surface area contributed by atoms with Gasteiger partial charge in [-0.2, -0.15) is 0 Å². The molecular weight excluding hydrogens is 250 g/mol. The van der Waals surface area contributed by atoms with E-state index in [0.29, 0.717) is 24.1 Å². The molecular formula is C12H13N3O2S. The van der Waals surface area contributed by atoms with Crippen LogP contribution in [-0.4, -0.2) is 16.8 Å². The summed E-state index contributed by atoms with van der Waals surface area (Å²) in [5, 5.41) is 2.71. The highest BCUT2D eigenvalue weighted by atomic mass is 32.1. The highest BCUT2D eigenvalue weighted by molar-refractivity contribution is 7.80. The minimum atomic E-state index is -0.710. The second-order valence-corrected chi connectivity index (χ2v) is 4.79. The largest absolute Gasteiger partial charge is 0.392 e. The van der Waals surface area contributed by atoms with E-state index in [-0.39, 0.29) is 10.9 Å². The van der Waals surface area contributed by atoms with Crippen LogP contribution in [0.3, 0.4) is 0 Å². The van der Waals surface area contributed by atoms with Crippen molar-refractivity contribution in [3.63, 3.8) is 0 Å². The fraction of sp³-hybridized carbons (Fsp3) is 0.250. The number of nitrogens with one attached hydrogen (secondary N) is 1.